The fourth-order valence-electron chi connectivity index (χ4n) is 7.04. The van der Waals surface area contributed by atoms with E-state index in [1.54, 1.807) is 12.1 Å². The Morgan fingerprint density at radius 2 is 2.18 bits per heavy atom. The number of carbonyl (C=O) groups is 1. The highest BCUT2D eigenvalue weighted by Crippen LogP contribution is 2.65. The number of phenols is 1. The lowest BCUT2D eigenvalue weighted by molar-refractivity contribution is -0.188. The highest BCUT2D eigenvalue weighted by atomic mass is 19.1. The fourth-order valence-corrected chi connectivity index (χ4v) is 7.04. The van der Waals surface area contributed by atoms with E-state index in [4.69, 9.17) is 4.74 Å². The number of carbonyl (C=O) groups excluding carboxylic acids is 1. The summed E-state index contributed by atoms with van der Waals surface area (Å²) >= 11 is 0. The molecule has 6 nitrogen and oxygen atoms in total. The van der Waals surface area contributed by atoms with Crippen LogP contribution in [0.2, 0.25) is 0 Å². The van der Waals surface area contributed by atoms with Gasteiger partial charge < -0.3 is 20.3 Å². The van der Waals surface area contributed by atoms with Crippen LogP contribution in [0, 0.1) is 5.82 Å². The minimum atomic E-state index is -1.05. The second kappa shape index (κ2) is 7.05. The summed E-state index contributed by atoms with van der Waals surface area (Å²) in [5, 5.41) is 26.0. The zero-order valence-corrected chi connectivity index (χ0v) is 18.3. The molecule has 1 saturated heterocycles. The molecule has 6 rings (SSSR count). The van der Waals surface area contributed by atoms with E-state index in [-0.39, 0.29) is 29.3 Å². The lowest BCUT2D eigenvalue weighted by Crippen LogP contribution is -2.78. The zero-order valence-electron chi connectivity index (χ0n) is 18.3. The van der Waals surface area contributed by atoms with Crippen LogP contribution in [-0.2, 0) is 11.8 Å². The number of piperidine rings is 1. The van der Waals surface area contributed by atoms with Crippen molar-refractivity contribution in [3.05, 3.63) is 71.6 Å². The van der Waals surface area contributed by atoms with Crippen LogP contribution in [0.25, 0.3) is 0 Å². The molecule has 2 bridgehead atoms. The third-order valence-electron chi connectivity index (χ3n) is 8.34. The van der Waals surface area contributed by atoms with Crippen molar-refractivity contribution < 1.29 is 24.1 Å². The van der Waals surface area contributed by atoms with Crippen LogP contribution in [-0.4, -0.2) is 57.9 Å². The number of phenolic OH excluding ortho intramolecular Hbond substituents is 1. The van der Waals surface area contributed by atoms with Crippen LogP contribution in [0.1, 0.15) is 40.7 Å². The number of aliphatic hydroxyl groups is 1. The molecule has 4 aliphatic rings. The molecule has 172 valence electrons. The monoisotopic (exact) mass is 450 g/mol. The first-order chi connectivity index (χ1) is 15.9. The summed E-state index contributed by atoms with van der Waals surface area (Å²) in [5.74, 6) is -0.356. The van der Waals surface area contributed by atoms with Crippen LogP contribution in [0.5, 0.6) is 11.5 Å². The van der Waals surface area contributed by atoms with Gasteiger partial charge in [-0.1, -0.05) is 18.2 Å². The van der Waals surface area contributed by atoms with Gasteiger partial charge in [0.2, 0.25) is 0 Å². The highest BCUT2D eigenvalue weighted by molar-refractivity contribution is 5.94. The van der Waals surface area contributed by atoms with Gasteiger partial charge in [0.1, 0.15) is 11.9 Å². The zero-order chi connectivity index (χ0) is 23.0. The van der Waals surface area contributed by atoms with Crippen molar-refractivity contribution in [3.63, 3.8) is 0 Å². The lowest BCUT2D eigenvalue weighted by Gasteiger charge is -2.64. The third-order valence-corrected chi connectivity index (χ3v) is 8.34. The van der Waals surface area contributed by atoms with E-state index in [9.17, 15) is 19.4 Å². The van der Waals surface area contributed by atoms with E-state index in [1.807, 2.05) is 12.1 Å². The van der Waals surface area contributed by atoms with Gasteiger partial charge in [-0.3, -0.25) is 9.69 Å². The van der Waals surface area contributed by atoms with Crippen LogP contribution in [0.15, 0.2) is 49.1 Å². The first-order valence-corrected chi connectivity index (χ1v) is 11.5. The fraction of sp³-hybridized carbons (Fsp3) is 0.423. The summed E-state index contributed by atoms with van der Waals surface area (Å²) in [5.41, 5.74) is 0.440. The second-order valence-corrected chi connectivity index (χ2v) is 9.76. The van der Waals surface area contributed by atoms with Crippen LogP contribution < -0.4 is 10.1 Å². The van der Waals surface area contributed by atoms with Gasteiger partial charge in [-0.15, -0.1) is 6.58 Å². The van der Waals surface area contributed by atoms with Crippen molar-refractivity contribution in [1.82, 2.24) is 10.2 Å². The maximum Gasteiger partial charge on any atom is 0.251 e. The van der Waals surface area contributed by atoms with Crippen molar-refractivity contribution in [2.75, 3.05) is 13.1 Å². The van der Waals surface area contributed by atoms with E-state index < -0.39 is 22.9 Å². The Morgan fingerprint density at radius 3 is 2.97 bits per heavy atom. The Labute approximate surface area is 191 Å². The SMILES string of the molecule is C=CCN1CC[C@]23c4c5ccc(O)c4OC2C(NC(=O)c2cccc(F)c2)CC[C@@]3(O)[C@H]1C5. The molecule has 2 heterocycles. The molecule has 2 aromatic rings. The summed E-state index contributed by atoms with van der Waals surface area (Å²) < 4.78 is 20.1. The Morgan fingerprint density at radius 1 is 1.33 bits per heavy atom. The largest absolute Gasteiger partial charge is 0.504 e. The molecule has 2 aliphatic heterocycles. The molecule has 1 saturated carbocycles. The molecule has 3 N–H and O–H groups in total. The molecular weight excluding hydrogens is 423 g/mol. The molecule has 7 heteroatoms. The van der Waals surface area contributed by atoms with Crippen molar-refractivity contribution >= 4 is 5.91 Å². The second-order valence-electron chi connectivity index (χ2n) is 9.76. The van der Waals surface area contributed by atoms with E-state index in [2.05, 4.69) is 16.8 Å². The predicted octanol–water partition coefficient (Wildman–Crippen LogP) is 2.67. The van der Waals surface area contributed by atoms with Crippen LogP contribution in [0.4, 0.5) is 4.39 Å². The number of rotatable bonds is 4. The first kappa shape index (κ1) is 20.7. The van der Waals surface area contributed by atoms with Gasteiger partial charge >= 0.3 is 0 Å². The van der Waals surface area contributed by atoms with Crippen LogP contribution in [0.3, 0.4) is 0 Å². The number of benzene rings is 2. The topological polar surface area (TPSA) is 82.0 Å². The number of amides is 1. The molecule has 1 spiro atoms. The van der Waals surface area contributed by atoms with Gasteiger partial charge in [0.05, 0.1) is 17.1 Å². The van der Waals surface area contributed by atoms with Crippen molar-refractivity contribution in [2.24, 2.45) is 0 Å². The number of likely N-dealkylation sites (tertiary alicyclic amines) is 1. The molecule has 33 heavy (non-hydrogen) atoms. The minimum absolute atomic E-state index is 0.0575. The van der Waals surface area contributed by atoms with Crippen LogP contribution >= 0.6 is 0 Å². The number of hydrogen-bond acceptors (Lipinski definition) is 5. The number of nitrogens with one attached hydrogen (secondary N) is 1. The molecule has 1 amide bonds. The Bertz CT molecular complexity index is 1170. The molecule has 0 radical (unpaired) electrons. The number of hydrogen-bond donors (Lipinski definition) is 3. The quantitative estimate of drug-likeness (QED) is 0.624. The minimum Gasteiger partial charge on any atom is -0.504 e. The van der Waals surface area contributed by atoms with Gasteiger partial charge in [-0.2, -0.15) is 0 Å². The molecule has 0 aromatic heterocycles. The smallest absolute Gasteiger partial charge is 0.251 e. The Hall–Kier alpha value is -2.90. The first-order valence-electron chi connectivity index (χ1n) is 11.5. The average Bonchev–Trinajstić information content (AvgIpc) is 3.15. The number of halogens is 1. The lowest BCUT2D eigenvalue weighted by atomic mass is 9.48. The molecule has 2 fully saturated rings. The van der Waals surface area contributed by atoms with Gasteiger partial charge in [-0.25, -0.2) is 4.39 Å². The van der Waals surface area contributed by atoms with Gasteiger partial charge in [0.15, 0.2) is 11.5 Å². The summed E-state index contributed by atoms with van der Waals surface area (Å²) in [4.78, 5) is 15.3. The number of ether oxygens (including phenoxy) is 1. The van der Waals surface area contributed by atoms with Gasteiger partial charge in [0, 0.05) is 23.7 Å². The summed E-state index contributed by atoms with van der Waals surface area (Å²) in [6.45, 7) is 5.34. The highest BCUT2D eigenvalue weighted by Gasteiger charge is 2.72. The van der Waals surface area contributed by atoms with E-state index in [1.165, 1.54) is 18.2 Å². The maximum absolute atomic E-state index is 13.7. The summed E-state index contributed by atoms with van der Waals surface area (Å²) in [7, 11) is 0. The van der Waals surface area contributed by atoms with Crippen molar-refractivity contribution in [2.45, 2.75) is 54.9 Å². The van der Waals surface area contributed by atoms with Crippen molar-refractivity contribution in [1.29, 1.82) is 0 Å². The Balaban J connectivity index is 1.43. The van der Waals surface area contributed by atoms with Gasteiger partial charge in [0.25, 0.3) is 5.91 Å². The Kier molecular flexibility index (Phi) is 4.42. The maximum atomic E-state index is 13.7. The average molecular weight is 451 g/mol. The standard InChI is InChI=1S/C26H27FN2O4/c1-2-11-29-12-10-25-21-15-6-7-19(30)22(21)33-23(25)18(8-9-26(25,32)20(29)14-15)28-24(31)16-4-3-5-17(27)13-16/h2-7,13,18,20,23,30,32H,1,8-12,14H2,(H,28,31)/t18?,20-,23?,25+,26-/m1/s1. The molecule has 5 atom stereocenters. The summed E-state index contributed by atoms with van der Waals surface area (Å²) in [6, 6.07) is 8.71. The summed E-state index contributed by atoms with van der Waals surface area (Å²) in [6.07, 6.45) is 3.68. The number of aromatic hydroxyl groups is 1. The van der Waals surface area contributed by atoms with E-state index >= 15 is 0 Å². The molecular formula is C26H27FN2O4. The normalized spacial score (nSPS) is 33.7. The molecule has 2 aromatic carbocycles. The predicted molar refractivity (Wildman–Crippen MR) is 120 cm³/mol. The third kappa shape index (κ3) is 2.63. The van der Waals surface area contributed by atoms with Crippen molar-refractivity contribution in [3.8, 4) is 11.5 Å². The van der Waals surface area contributed by atoms with E-state index in [0.717, 1.165) is 17.7 Å². The van der Waals surface area contributed by atoms with Gasteiger partial charge in [-0.05, 0) is 62.1 Å². The van der Waals surface area contributed by atoms with E-state index in [0.29, 0.717) is 38.0 Å². The number of nitrogens with zero attached hydrogens (tertiary/aromatic N) is 1. The molecule has 2 unspecified atom stereocenters. The molecule has 2 aliphatic carbocycles.